The third-order valence-corrected chi connectivity index (χ3v) is 5.17. The predicted molar refractivity (Wildman–Crippen MR) is 106 cm³/mol. The number of imidazole rings is 1. The molecule has 1 N–H and O–H groups in total. The molecule has 1 aromatic heterocycles. The molecule has 0 aliphatic carbocycles. The average Bonchev–Trinajstić information content (AvgIpc) is 3.10. The van der Waals surface area contributed by atoms with Crippen molar-refractivity contribution in [3.05, 3.63) is 48.0 Å². The van der Waals surface area contributed by atoms with Gasteiger partial charge in [0, 0.05) is 36.5 Å². The summed E-state index contributed by atoms with van der Waals surface area (Å²) < 4.78 is 27.1. The SMILES string of the molecule is CC(C)c1nccn1Cc1cccc(NC(=O)C2CCN(CC(F)F)CC2)c1. The van der Waals surface area contributed by atoms with Gasteiger partial charge < -0.3 is 9.88 Å². The van der Waals surface area contributed by atoms with Crippen molar-refractivity contribution in [3.8, 4) is 0 Å². The highest BCUT2D eigenvalue weighted by atomic mass is 19.3. The van der Waals surface area contributed by atoms with Gasteiger partial charge in [-0.2, -0.15) is 0 Å². The fourth-order valence-corrected chi connectivity index (χ4v) is 3.72. The van der Waals surface area contributed by atoms with Gasteiger partial charge in [-0.05, 0) is 43.6 Å². The Balaban J connectivity index is 1.57. The zero-order valence-electron chi connectivity index (χ0n) is 16.4. The molecule has 28 heavy (non-hydrogen) atoms. The minimum Gasteiger partial charge on any atom is -0.330 e. The minimum atomic E-state index is -2.32. The minimum absolute atomic E-state index is 0.0284. The van der Waals surface area contributed by atoms with Gasteiger partial charge in [0.25, 0.3) is 6.43 Å². The van der Waals surface area contributed by atoms with E-state index in [0.717, 1.165) is 17.1 Å². The maximum absolute atomic E-state index is 12.6. The zero-order valence-corrected chi connectivity index (χ0v) is 16.4. The van der Waals surface area contributed by atoms with Gasteiger partial charge in [-0.3, -0.25) is 9.69 Å². The smallest absolute Gasteiger partial charge is 0.251 e. The van der Waals surface area contributed by atoms with Crippen LogP contribution in [0.2, 0.25) is 0 Å². The van der Waals surface area contributed by atoms with E-state index in [2.05, 4.69) is 28.7 Å². The number of carbonyl (C=O) groups excluding carboxylic acids is 1. The number of rotatable bonds is 7. The Morgan fingerprint density at radius 3 is 2.71 bits per heavy atom. The number of hydrogen-bond acceptors (Lipinski definition) is 3. The summed E-state index contributed by atoms with van der Waals surface area (Å²) in [6.07, 6.45) is 2.69. The molecule has 0 atom stereocenters. The number of likely N-dealkylation sites (tertiary alicyclic amines) is 1. The summed E-state index contributed by atoms with van der Waals surface area (Å²) in [6.45, 7) is 5.80. The Morgan fingerprint density at radius 1 is 1.29 bits per heavy atom. The van der Waals surface area contributed by atoms with Crippen LogP contribution in [0.4, 0.5) is 14.5 Å². The molecule has 0 spiro atoms. The number of aromatic nitrogens is 2. The number of carbonyl (C=O) groups is 1. The summed E-state index contributed by atoms with van der Waals surface area (Å²) >= 11 is 0. The number of piperidine rings is 1. The third-order valence-electron chi connectivity index (χ3n) is 5.17. The van der Waals surface area contributed by atoms with Gasteiger partial charge in [-0.1, -0.05) is 26.0 Å². The van der Waals surface area contributed by atoms with E-state index in [-0.39, 0.29) is 18.4 Å². The number of halogens is 2. The van der Waals surface area contributed by atoms with Crippen molar-refractivity contribution in [2.75, 3.05) is 25.0 Å². The van der Waals surface area contributed by atoms with Crippen LogP contribution < -0.4 is 5.32 Å². The molecular weight excluding hydrogens is 362 g/mol. The first-order chi connectivity index (χ1) is 13.4. The molecule has 1 aliphatic rings. The molecule has 0 radical (unpaired) electrons. The molecule has 2 aromatic rings. The van der Waals surface area contributed by atoms with E-state index in [1.165, 1.54) is 0 Å². The van der Waals surface area contributed by atoms with Crippen LogP contribution in [0.1, 0.15) is 44.0 Å². The second kappa shape index (κ2) is 9.28. The van der Waals surface area contributed by atoms with Gasteiger partial charge in [0.2, 0.25) is 5.91 Å². The van der Waals surface area contributed by atoms with Crippen LogP contribution in [0.3, 0.4) is 0 Å². The van der Waals surface area contributed by atoms with Crippen LogP contribution in [-0.4, -0.2) is 46.4 Å². The van der Waals surface area contributed by atoms with Gasteiger partial charge in [-0.25, -0.2) is 13.8 Å². The highest BCUT2D eigenvalue weighted by molar-refractivity contribution is 5.92. The summed E-state index contributed by atoms with van der Waals surface area (Å²) in [4.78, 5) is 18.7. The first kappa shape index (κ1) is 20.5. The Morgan fingerprint density at radius 2 is 2.04 bits per heavy atom. The number of nitrogens with one attached hydrogen (secondary N) is 1. The lowest BCUT2D eigenvalue weighted by Crippen LogP contribution is -2.40. The van der Waals surface area contributed by atoms with Crippen molar-refractivity contribution in [2.24, 2.45) is 5.92 Å². The van der Waals surface area contributed by atoms with Crippen LogP contribution in [0.25, 0.3) is 0 Å². The van der Waals surface area contributed by atoms with E-state index in [1.807, 2.05) is 30.5 Å². The van der Waals surface area contributed by atoms with E-state index >= 15 is 0 Å². The summed E-state index contributed by atoms with van der Waals surface area (Å²) in [7, 11) is 0. The molecule has 5 nitrogen and oxygen atoms in total. The van der Waals surface area contributed by atoms with Gasteiger partial charge in [0.15, 0.2) is 0 Å². The molecule has 1 aliphatic heterocycles. The van der Waals surface area contributed by atoms with Crippen LogP contribution in [0, 0.1) is 5.92 Å². The monoisotopic (exact) mass is 390 g/mol. The molecule has 0 saturated carbocycles. The van der Waals surface area contributed by atoms with Crippen LogP contribution in [-0.2, 0) is 11.3 Å². The topological polar surface area (TPSA) is 50.2 Å². The highest BCUT2D eigenvalue weighted by Gasteiger charge is 2.26. The molecule has 3 rings (SSSR count). The second-order valence-corrected chi connectivity index (χ2v) is 7.72. The molecule has 1 fully saturated rings. The Bertz CT molecular complexity index is 782. The van der Waals surface area contributed by atoms with Gasteiger partial charge in [0.05, 0.1) is 6.54 Å². The summed E-state index contributed by atoms with van der Waals surface area (Å²) in [6, 6.07) is 7.82. The number of benzene rings is 1. The molecule has 1 saturated heterocycles. The van der Waals surface area contributed by atoms with E-state index in [1.54, 1.807) is 11.1 Å². The van der Waals surface area contributed by atoms with E-state index in [0.29, 0.717) is 38.4 Å². The van der Waals surface area contributed by atoms with Crippen molar-refractivity contribution in [1.82, 2.24) is 14.5 Å². The van der Waals surface area contributed by atoms with E-state index in [9.17, 15) is 13.6 Å². The van der Waals surface area contributed by atoms with Gasteiger partial charge >= 0.3 is 0 Å². The normalized spacial score (nSPS) is 16.1. The van der Waals surface area contributed by atoms with Crippen molar-refractivity contribution in [3.63, 3.8) is 0 Å². The van der Waals surface area contributed by atoms with Gasteiger partial charge in [0.1, 0.15) is 5.82 Å². The second-order valence-electron chi connectivity index (χ2n) is 7.72. The van der Waals surface area contributed by atoms with Gasteiger partial charge in [-0.15, -0.1) is 0 Å². The number of alkyl halides is 2. The first-order valence-corrected chi connectivity index (χ1v) is 9.83. The third kappa shape index (κ3) is 5.38. The lowest BCUT2D eigenvalue weighted by Gasteiger charge is -2.30. The standard InChI is InChI=1S/C21H28F2N4O/c1-15(2)20-24-8-11-27(20)13-16-4-3-5-18(12-16)25-21(28)17-6-9-26(10-7-17)14-19(22)23/h3-5,8,11-12,15,17,19H,6-7,9-10,13-14H2,1-2H3,(H,25,28). The van der Waals surface area contributed by atoms with E-state index in [4.69, 9.17) is 0 Å². The largest absolute Gasteiger partial charge is 0.330 e. The number of amides is 1. The van der Waals surface area contributed by atoms with Crippen molar-refractivity contribution in [2.45, 2.75) is 45.6 Å². The number of hydrogen-bond donors (Lipinski definition) is 1. The zero-order chi connectivity index (χ0) is 20.1. The number of anilines is 1. The Hall–Kier alpha value is -2.28. The van der Waals surface area contributed by atoms with Crippen LogP contribution >= 0.6 is 0 Å². The van der Waals surface area contributed by atoms with Crippen molar-refractivity contribution in [1.29, 1.82) is 0 Å². The molecule has 152 valence electrons. The molecular formula is C21H28F2N4O. The lowest BCUT2D eigenvalue weighted by molar-refractivity contribution is -0.121. The predicted octanol–water partition coefficient (Wildman–Crippen LogP) is 3.97. The fraction of sp³-hybridized carbons (Fsp3) is 0.524. The molecule has 0 unspecified atom stereocenters. The Labute approximate surface area is 164 Å². The highest BCUT2D eigenvalue weighted by Crippen LogP contribution is 2.21. The summed E-state index contributed by atoms with van der Waals surface area (Å²) in [5, 5.41) is 2.99. The molecule has 0 bridgehead atoms. The number of nitrogens with zero attached hydrogens (tertiary/aromatic N) is 3. The quantitative estimate of drug-likeness (QED) is 0.778. The molecule has 7 heteroatoms. The molecule has 2 heterocycles. The molecule has 1 aromatic carbocycles. The Kier molecular flexibility index (Phi) is 6.78. The average molecular weight is 390 g/mol. The van der Waals surface area contributed by atoms with Crippen LogP contribution in [0.15, 0.2) is 36.7 Å². The molecule has 1 amide bonds. The van der Waals surface area contributed by atoms with Crippen molar-refractivity contribution >= 4 is 11.6 Å². The van der Waals surface area contributed by atoms with E-state index < -0.39 is 6.43 Å². The van der Waals surface area contributed by atoms with Crippen LogP contribution in [0.5, 0.6) is 0 Å². The summed E-state index contributed by atoms with van der Waals surface area (Å²) in [5.41, 5.74) is 1.85. The fourth-order valence-electron chi connectivity index (χ4n) is 3.72. The maximum Gasteiger partial charge on any atom is 0.251 e. The van der Waals surface area contributed by atoms with Crippen molar-refractivity contribution < 1.29 is 13.6 Å². The maximum atomic E-state index is 12.6. The first-order valence-electron chi connectivity index (χ1n) is 9.83. The lowest BCUT2D eigenvalue weighted by atomic mass is 9.96. The summed E-state index contributed by atoms with van der Waals surface area (Å²) in [5.74, 6) is 1.22.